The SMILES string of the molecule is CCOc1ccccc1NC(=O)c1ccnc(C(=O)NCCN(C)C)c1. The second-order valence-electron chi connectivity index (χ2n) is 5.87. The Bertz CT molecular complexity index is 762. The highest BCUT2D eigenvalue weighted by atomic mass is 16.5. The molecule has 0 aliphatic carbocycles. The smallest absolute Gasteiger partial charge is 0.269 e. The maximum atomic E-state index is 12.5. The van der Waals surface area contributed by atoms with Crippen LogP contribution in [0, 0.1) is 0 Å². The molecule has 2 rings (SSSR count). The Kier molecular flexibility index (Phi) is 7.11. The maximum Gasteiger partial charge on any atom is 0.269 e. The summed E-state index contributed by atoms with van der Waals surface area (Å²) < 4.78 is 5.50. The monoisotopic (exact) mass is 356 g/mol. The molecule has 7 heteroatoms. The number of hydrogen-bond acceptors (Lipinski definition) is 5. The highest BCUT2D eigenvalue weighted by Crippen LogP contribution is 2.24. The summed E-state index contributed by atoms with van der Waals surface area (Å²) in [6.45, 7) is 3.61. The molecule has 0 saturated carbocycles. The van der Waals surface area contributed by atoms with Gasteiger partial charge in [0, 0.05) is 24.8 Å². The van der Waals surface area contributed by atoms with E-state index < -0.39 is 0 Å². The molecule has 0 bridgehead atoms. The zero-order valence-corrected chi connectivity index (χ0v) is 15.3. The molecule has 1 aromatic heterocycles. The van der Waals surface area contributed by atoms with E-state index in [9.17, 15) is 9.59 Å². The molecule has 0 saturated heterocycles. The van der Waals surface area contributed by atoms with Crippen molar-refractivity contribution in [2.75, 3.05) is 39.1 Å². The maximum absolute atomic E-state index is 12.5. The number of pyridine rings is 1. The minimum Gasteiger partial charge on any atom is -0.492 e. The standard InChI is InChI=1S/C19H24N4O3/c1-4-26-17-8-6-5-7-15(17)22-18(24)14-9-10-20-16(13-14)19(25)21-11-12-23(2)3/h5-10,13H,4,11-12H2,1-3H3,(H,21,25)(H,22,24). The molecule has 1 heterocycles. The third-order valence-electron chi connectivity index (χ3n) is 3.53. The van der Waals surface area contributed by atoms with E-state index in [0.29, 0.717) is 30.2 Å². The number of anilines is 1. The lowest BCUT2D eigenvalue weighted by Gasteiger charge is -2.12. The Morgan fingerprint density at radius 1 is 1.15 bits per heavy atom. The van der Waals surface area contributed by atoms with Crippen molar-refractivity contribution in [3.05, 3.63) is 53.9 Å². The predicted molar refractivity (Wildman–Crippen MR) is 101 cm³/mol. The summed E-state index contributed by atoms with van der Waals surface area (Å²) in [6.07, 6.45) is 1.45. The van der Waals surface area contributed by atoms with Gasteiger partial charge >= 0.3 is 0 Å². The van der Waals surface area contributed by atoms with Gasteiger partial charge in [-0.3, -0.25) is 14.6 Å². The van der Waals surface area contributed by atoms with Crippen LogP contribution < -0.4 is 15.4 Å². The van der Waals surface area contributed by atoms with Crippen LogP contribution in [0.4, 0.5) is 5.69 Å². The topological polar surface area (TPSA) is 83.6 Å². The molecule has 2 amide bonds. The zero-order chi connectivity index (χ0) is 18.9. The van der Waals surface area contributed by atoms with Crippen molar-refractivity contribution in [1.29, 1.82) is 0 Å². The van der Waals surface area contributed by atoms with Crippen LogP contribution in [0.5, 0.6) is 5.75 Å². The van der Waals surface area contributed by atoms with E-state index >= 15 is 0 Å². The fourth-order valence-electron chi connectivity index (χ4n) is 2.23. The largest absolute Gasteiger partial charge is 0.492 e. The molecule has 0 spiro atoms. The zero-order valence-electron chi connectivity index (χ0n) is 15.3. The first kappa shape index (κ1) is 19.4. The van der Waals surface area contributed by atoms with Crippen molar-refractivity contribution >= 4 is 17.5 Å². The van der Waals surface area contributed by atoms with Gasteiger partial charge < -0.3 is 20.3 Å². The molecule has 0 aliphatic heterocycles. The summed E-state index contributed by atoms with van der Waals surface area (Å²) >= 11 is 0. The number of benzene rings is 1. The second kappa shape index (κ2) is 9.53. The normalized spacial score (nSPS) is 10.5. The molecule has 1 aromatic carbocycles. The molecule has 0 unspecified atom stereocenters. The van der Waals surface area contributed by atoms with Crippen LogP contribution in [0.1, 0.15) is 27.8 Å². The van der Waals surface area contributed by atoms with E-state index in [4.69, 9.17) is 4.74 Å². The Hall–Kier alpha value is -2.93. The van der Waals surface area contributed by atoms with Gasteiger partial charge in [-0.2, -0.15) is 0 Å². The quantitative estimate of drug-likeness (QED) is 0.756. The molecular weight excluding hydrogens is 332 g/mol. The average Bonchev–Trinajstić information content (AvgIpc) is 2.63. The number of nitrogens with one attached hydrogen (secondary N) is 2. The molecule has 0 atom stereocenters. The van der Waals surface area contributed by atoms with E-state index in [0.717, 1.165) is 6.54 Å². The highest BCUT2D eigenvalue weighted by molar-refractivity contribution is 6.06. The Morgan fingerprint density at radius 2 is 1.92 bits per heavy atom. The first-order valence-electron chi connectivity index (χ1n) is 8.43. The van der Waals surface area contributed by atoms with Crippen LogP contribution in [0.2, 0.25) is 0 Å². The van der Waals surface area contributed by atoms with E-state index in [1.54, 1.807) is 18.2 Å². The van der Waals surface area contributed by atoms with Gasteiger partial charge in [0.1, 0.15) is 11.4 Å². The van der Waals surface area contributed by atoms with Gasteiger partial charge in [-0.15, -0.1) is 0 Å². The van der Waals surface area contributed by atoms with Gasteiger partial charge in [0.15, 0.2) is 0 Å². The first-order valence-corrected chi connectivity index (χ1v) is 8.43. The third kappa shape index (κ3) is 5.56. The summed E-state index contributed by atoms with van der Waals surface area (Å²) in [6, 6.07) is 10.2. The fraction of sp³-hybridized carbons (Fsp3) is 0.316. The lowest BCUT2D eigenvalue weighted by atomic mass is 10.2. The summed E-state index contributed by atoms with van der Waals surface area (Å²) in [5.74, 6) is -0.0443. The van der Waals surface area contributed by atoms with E-state index in [1.165, 1.54) is 12.3 Å². The molecule has 7 nitrogen and oxygen atoms in total. The van der Waals surface area contributed by atoms with Crippen molar-refractivity contribution in [1.82, 2.24) is 15.2 Å². The number of ether oxygens (including phenoxy) is 1. The van der Waals surface area contributed by atoms with Gasteiger partial charge in [0.25, 0.3) is 11.8 Å². The second-order valence-corrected chi connectivity index (χ2v) is 5.87. The minimum atomic E-state index is -0.332. The molecule has 26 heavy (non-hydrogen) atoms. The van der Waals surface area contributed by atoms with Crippen LogP contribution in [-0.2, 0) is 0 Å². The van der Waals surface area contributed by atoms with Gasteiger partial charge in [0.2, 0.25) is 0 Å². The molecule has 0 aliphatic rings. The molecular formula is C19H24N4O3. The number of amides is 2. The number of aromatic nitrogens is 1. The van der Waals surface area contributed by atoms with E-state index in [1.807, 2.05) is 38.1 Å². The molecule has 2 N–H and O–H groups in total. The van der Waals surface area contributed by atoms with Gasteiger partial charge in [-0.1, -0.05) is 12.1 Å². The van der Waals surface area contributed by atoms with Gasteiger partial charge in [-0.05, 0) is 45.3 Å². The summed E-state index contributed by atoms with van der Waals surface area (Å²) in [5, 5.41) is 5.58. The summed E-state index contributed by atoms with van der Waals surface area (Å²) in [4.78, 5) is 30.7. The number of nitrogens with zero attached hydrogens (tertiary/aromatic N) is 2. The average molecular weight is 356 g/mol. The van der Waals surface area contributed by atoms with E-state index in [2.05, 4.69) is 15.6 Å². The van der Waals surface area contributed by atoms with Crippen LogP contribution in [0.25, 0.3) is 0 Å². The highest BCUT2D eigenvalue weighted by Gasteiger charge is 2.13. The molecule has 138 valence electrons. The molecule has 2 aromatic rings. The lowest BCUT2D eigenvalue weighted by molar-refractivity contribution is 0.0946. The fourth-order valence-corrected chi connectivity index (χ4v) is 2.23. The predicted octanol–water partition coefficient (Wildman–Crippen LogP) is 2.02. The van der Waals surface area contributed by atoms with Crippen LogP contribution in [0.15, 0.2) is 42.6 Å². The van der Waals surface area contributed by atoms with Crippen molar-refractivity contribution in [3.63, 3.8) is 0 Å². The van der Waals surface area contributed by atoms with Crippen molar-refractivity contribution in [2.24, 2.45) is 0 Å². The Balaban J connectivity index is 2.07. The number of para-hydroxylation sites is 2. The Morgan fingerprint density at radius 3 is 2.65 bits per heavy atom. The number of carbonyl (C=O) groups is 2. The minimum absolute atomic E-state index is 0.203. The number of rotatable bonds is 8. The summed E-state index contributed by atoms with van der Waals surface area (Å²) in [7, 11) is 3.85. The van der Waals surface area contributed by atoms with Crippen LogP contribution in [0.3, 0.4) is 0 Å². The third-order valence-corrected chi connectivity index (χ3v) is 3.53. The van der Waals surface area contributed by atoms with Gasteiger partial charge in [0.05, 0.1) is 12.3 Å². The van der Waals surface area contributed by atoms with Crippen molar-refractivity contribution in [2.45, 2.75) is 6.92 Å². The number of hydrogen-bond donors (Lipinski definition) is 2. The lowest BCUT2D eigenvalue weighted by Crippen LogP contribution is -2.32. The van der Waals surface area contributed by atoms with Gasteiger partial charge in [-0.25, -0.2) is 0 Å². The van der Waals surface area contributed by atoms with Crippen LogP contribution in [-0.4, -0.2) is 55.5 Å². The van der Waals surface area contributed by atoms with Crippen molar-refractivity contribution < 1.29 is 14.3 Å². The Labute approximate surface area is 153 Å². The van der Waals surface area contributed by atoms with Crippen molar-refractivity contribution in [3.8, 4) is 5.75 Å². The van der Waals surface area contributed by atoms with E-state index in [-0.39, 0.29) is 17.5 Å². The molecule has 0 fully saturated rings. The summed E-state index contributed by atoms with van der Waals surface area (Å²) in [5.41, 5.74) is 1.13. The number of likely N-dealkylation sites (N-methyl/N-ethyl adjacent to an activating group) is 1. The van der Waals surface area contributed by atoms with Crippen LogP contribution >= 0.6 is 0 Å². The molecule has 0 radical (unpaired) electrons. The first-order chi connectivity index (χ1) is 12.5. The number of carbonyl (C=O) groups excluding carboxylic acids is 2.